The van der Waals surface area contributed by atoms with Gasteiger partial charge < -0.3 is 5.32 Å². The molecule has 0 atom stereocenters. The van der Waals surface area contributed by atoms with E-state index in [0.29, 0.717) is 16.3 Å². The predicted octanol–water partition coefficient (Wildman–Crippen LogP) is 1.27. The molecule has 1 aromatic carbocycles. The van der Waals surface area contributed by atoms with Crippen molar-refractivity contribution in [2.75, 3.05) is 0 Å². The highest BCUT2D eigenvalue weighted by Crippen LogP contribution is 2.19. The van der Waals surface area contributed by atoms with Crippen molar-refractivity contribution in [1.82, 2.24) is 14.5 Å². The van der Waals surface area contributed by atoms with Crippen LogP contribution in [0, 0.1) is 3.57 Å². The molecule has 22 heavy (non-hydrogen) atoms. The Kier molecular flexibility index (Phi) is 5.07. The van der Waals surface area contributed by atoms with E-state index in [1.807, 2.05) is 22.6 Å². The van der Waals surface area contributed by atoms with Gasteiger partial charge in [-0.2, -0.15) is 0 Å². The molecule has 0 fully saturated rings. The number of amides is 1. The second kappa shape index (κ2) is 6.66. The van der Waals surface area contributed by atoms with Gasteiger partial charge in [0.1, 0.15) is 0 Å². The highest BCUT2D eigenvalue weighted by Gasteiger charge is 2.10. The van der Waals surface area contributed by atoms with E-state index in [4.69, 9.17) is 11.6 Å². The zero-order valence-corrected chi connectivity index (χ0v) is 14.8. The normalized spacial score (nSPS) is 10.5. The molecule has 0 unspecified atom stereocenters. The fraction of sp³-hybridized carbons (Fsp3) is 0.214. The lowest BCUT2D eigenvalue weighted by atomic mass is 10.2. The first-order chi connectivity index (χ1) is 10.3. The van der Waals surface area contributed by atoms with Crippen LogP contribution in [0.2, 0.25) is 5.02 Å². The van der Waals surface area contributed by atoms with Crippen LogP contribution in [0.1, 0.15) is 16.1 Å². The number of aromatic nitrogens is 2. The van der Waals surface area contributed by atoms with Gasteiger partial charge in [0.15, 0.2) is 0 Å². The van der Waals surface area contributed by atoms with Crippen molar-refractivity contribution in [2.24, 2.45) is 14.1 Å². The third-order valence-corrected chi connectivity index (χ3v) is 4.78. The number of carbonyl (C=O) groups excluding carboxylic acids is 1. The van der Waals surface area contributed by atoms with E-state index in [2.05, 4.69) is 5.32 Å². The van der Waals surface area contributed by atoms with Gasteiger partial charge in [-0.15, -0.1) is 0 Å². The fourth-order valence-electron chi connectivity index (χ4n) is 1.86. The molecule has 0 aliphatic rings. The van der Waals surface area contributed by atoms with Gasteiger partial charge in [0, 0.05) is 35.0 Å². The molecule has 0 spiro atoms. The van der Waals surface area contributed by atoms with Gasteiger partial charge in [0.25, 0.3) is 11.5 Å². The Balaban J connectivity index is 2.20. The number of rotatable bonds is 3. The molecular weight excluding hydrogens is 421 g/mol. The molecule has 116 valence electrons. The third-order valence-electron chi connectivity index (χ3n) is 3.24. The van der Waals surface area contributed by atoms with Crippen LogP contribution in [0.4, 0.5) is 0 Å². The predicted molar refractivity (Wildman–Crippen MR) is 92.3 cm³/mol. The smallest absolute Gasteiger partial charge is 0.330 e. The summed E-state index contributed by atoms with van der Waals surface area (Å²) in [6.07, 6.45) is 0. The molecule has 8 heteroatoms. The van der Waals surface area contributed by atoms with E-state index in [1.165, 1.54) is 17.7 Å². The average Bonchev–Trinajstić information content (AvgIpc) is 2.49. The molecule has 0 saturated heterocycles. The molecule has 6 nitrogen and oxygen atoms in total. The van der Waals surface area contributed by atoms with E-state index in [0.717, 1.165) is 8.14 Å². The molecule has 2 aromatic rings. The van der Waals surface area contributed by atoms with Gasteiger partial charge in [0.05, 0.1) is 11.6 Å². The maximum atomic E-state index is 12.1. The zero-order valence-electron chi connectivity index (χ0n) is 11.9. The summed E-state index contributed by atoms with van der Waals surface area (Å²) in [7, 11) is 2.96. The number of hydrogen-bond acceptors (Lipinski definition) is 3. The zero-order chi connectivity index (χ0) is 16.4. The van der Waals surface area contributed by atoms with Gasteiger partial charge >= 0.3 is 5.69 Å². The Hall–Kier alpha value is -1.61. The maximum absolute atomic E-state index is 12.1. The topological polar surface area (TPSA) is 73.1 Å². The van der Waals surface area contributed by atoms with Crippen molar-refractivity contribution in [1.29, 1.82) is 0 Å². The monoisotopic (exact) mass is 433 g/mol. The van der Waals surface area contributed by atoms with Gasteiger partial charge in [-0.05, 0) is 40.8 Å². The van der Waals surface area contributed by atoms with Crippen LogP contribution in [0.25, 0.3) is 0 Å². The van der Waals surface area contributed by atoms with Crippen LogP contribution in [0.15, 0.2) is 33.9 Å². The van der Waals surface area contributed by atoms with E-state index in [-0.39, 0.29) is 12.5 Å². The maximum Gasteiger partial charge on any atom is 0.330 e. The number of benzene rings is 1. The number of hydrogen-bond donors (Lipinski definition) is 1. The van der Waals surface area contributed by atoms with Crippen molar-refractivity contribution >= 4 is 40.1 Å². The average molecular weight is 434 g/mol. The van der Waals surface area contributed by atoms with E-state index in [1.54, 1.807) is 25.2 Å². The molecule has 0 radical (unpaired) electrons. The molecule has 0 aliphatic carbocycles. The summed E-state index contributed by atoms with van der Waals surface area (Å²) in [6.45, 7) is 0.0832. The summed E-state index contributed by atoms with van der Waals surface area (Å²) in [5, 5.41) is 3.26. The number of halogens is 2. The Morgan fingerprint density at radius 3 is 2.55 bits per heavy atom. The summed E-state index contributed by atoms with van der Waals surface area (Å²) >= 11 is 7.95. The van der Waals surface area contributed by atoms with Crippen molar-refractivity contribution in [3.63, 3.8) is 0 Å². The lowest BCUT2D eigenvalue weighted by Crippen LogP contribution is -2.39. The molecule has 0 aliphatic heterocycles. The van der Waals surface area contributed by atoms with E-state index in [9.17, 15) is 14.4 Å². The quantitative estimate of drug-likeness (QED) is 0.741. The van der Waals surface area contributed by atoms with Gasteiger partial charge in [-0.1, -0.05) is 11.6 Å². The van der Waals surface area contributed by atoms with Gasteiger partial charge in [0.2, 0.25) is 0 Å². The molecule has 1 N–H and O–H groups in total. The Labute approximate surface area is 144 Å². The van der Waals surface area contributed by atoms with Crippen LogP contribution < -0.4 is 16.6 Å². The van der Waals surface area contributed by atoms with E-state index >= 15 is 0 Å². The summed E-state index contributed by atoms with van der Waals surface area (Å²) in [4.78, 5) is 35.5. The fourth-order valence-corrected chi connectivity index (χ4v) is 2.49. The number of nitrogens with one attached hydrogen (secondary N) is 1. The molecular formula is C14H13ClIN3O3. The van der Waals surface area contributed by atoms with Gasteiger partial charge in [-0.3, -0.25) is 18.7 Å². The van der Waals surface area contributed by atoms with Crippen LogP contribution in [0.5, 0.6) is 0 Å². The minimum Gasteiger partial charge on any atom is -0.346 e. The third kappa shape index (κ3) is 3.41. The molecule has 1 heterocycles. The van der Waals surface area contributed by atoms with Crippen molar-refractivity contribution < 1.29 is 4.79 Å². The molecule has 0 bridgehead atoms. The van der Waals surface area contributed by atoms with Crippen molar-refractivity contribution in [3.05, 3.63) is 65.0 Å². The minimum atomic E-state index is -0.433. The number of carbonyl (C=O) groups is 1. The number of nitrogens with zero attached hydrogens (tertiary/aromatic N) is 2. The standard InChI is InChI=1S/C14H13ClIN3O3/c1-18-9(6-12(20)19(2)14(18)22)7-17-13(21)8-3-4-10(15)11(16)5-8/h3-6H,7H2,1-2H3,(H,17,21). The second-order valence-corrected chi connectivity index (χ2v) is 6.26. The first-order valence-electron chi connectivity index (χ1n) is 6.30. The highest BCUT2D eigenvalue weighted by molar-refractivity contribution is 14.1. The second-order valence-electron chi connectivity index (χ2n) is 4.69. The first kappa shape index (κ1) is 16.8. The summed E-state index contributed by atoms with van der Waals surface area (Å²) in [6, 6.07) is 6.25. The van der Waals surface area contributed by atoms with Crippen LogP contribution in [-0.4, -0.2) is 15.0 Å². The molecule has 2 rings (SSSR count). The molecule has 1 amide bonds. The first-order valence-corrected chi connectivity index (χ1v) is 7.76. The van der Waals surface area contributed by atoms with Crippen molar-refractivity contribution in [3.8, 4) is 0 Å². The largest absolute Gasteiger partial charge is 0.346 e. The lowest BCUT2D eigenvalue weighted by Gasteiger charge is -2.11. The summed E-state index contributed by atoms with van der Waals surface area (Å²) < 4.78 is 3.10. The van der Waals surface area contributed by atoms with Crippen LogP contribution >= 0.6 is 34.2 Å². The van der Waals surface area contributed by atoms with E-state index < -0.39 is 11.2 Å². The van der Waals surface area contributed by atoms with Crippen LogP contribution in [0.3, 0.4) is 0 Å². The Morgan fingerprint density at radius 2 is 1.91 bits per heavy atom. The highest BCUT2D eigenvalue weighted by atomic mass is 127. The summed E-state index contributed by atoms with van der Waals surface area (Å²) in [5.41, 5.74) is 0.0546. The summed E-state index contributed by atoms with van der Waals surface area (Å²) in [5.74, 6) is -0.303. The minimum absolute atomic E-state index is 0.0832. The van der Waals surface area contributed by atoms with Gasteiger partial charge in [-0.25, -0.2) is 4.79 Å². The molecule has 0 saturated carbocycles. The Bertz CT molecular complexity index is 857. The molecule has 1 aromatic heterocycles. The van der Waals surface area contributed by atoms with Crippen molar-refractivity contribution in [2.45, 2.75) is 6.54 Å². The Morgan fingerprint density at radius 1 is 1.23 bits per heavy atom. The lowest BCUT2D eigenvalue weighted by molar-refractivity contribution is 0.0950. The SMILES string of the molecule is Cn1c(CNC(=O)c2ccc(Cl)c(I)c2)cc(=O)n(C)c1=O. The van der Waals surface area contributed by atoms with Crippen LogP contribution in [-0.2, 0) is 20.6 Å².